The lowest BCUT2D eigenvalue weighted by molar-refractivity contribution is -0.0146. The summed E-state index contributed by atoms with van der Waals surface area (Å²) in [6.07, 6.45) is 2.28. The monoisotopic (exact) mass is 299 g/mol. The minimum absolute atomic E-state index is 0.00348. The first kappa shape index (κ1) is 18.3. The molecule has 1 saturated carbocycles. The fourth-order valence-electron chi connectivity index (χ4n) is 2.73. The van der Waals surface area contributed by atoms with Crippen molar-refractivity contribution in [3.8, 4) is 0 Å². The number of nitrogens with zero attached hydrogens (tertiary/aromatic N) is 1. The molecule has 1 amide bonds. The van der Waals surface area contributed by atoms with E-state index < -0.39 is 11.2 Å². The van der Waals surface area contributed by atoms with E-state index in [1.807, 2.05) is 25.7 Å². The van der Waals surface area contributed by atoms with Crippen LogP contribution in [0.2, 0.25) is 0 Å². The van der Waals surface area contributed by atoms with Crippen molar-refractivity contribution in [1.29, 1.82) is 0 Å². The number of hydrogen-bond donors (Lipinski definition) is 1. The molecule has 0 unspecified atom stereocenters. The summed E-state index contributed by atoms with van der Waals surface area (Å²) in [6, 6.07) is 0. The number of ether oxygens (including phenoxy) is 1. The van der Waals surface area contributed by atoms with Crippen LogP contribution >= 0.6 is 0 Å². The van der Waals surface area contributed by atoms with Crippen LogP contribution in [0.25, 0.3) is 0 Å². The van der Waals surface area contributed by atoms with Gasteiger partial charge >= 0.3 is 6.09 Å². The molecule has 0 atom stereocenters. The van der Waals surface area contributed by atoms with Crippen molar-refractivity contribution in [2.24, 2.45) is 5.41 Å². The number of amides is 1. The van der Waals surface area contributed by atoms with Crippen molar-refractivity contribution in [2.75, 3.05) is 6.54 Å². The van der Waals surface area contributed by atoms with Gasteiger partial charge in [0.15, 0.2) is 0 Å². The molecule has 0 aromatic rings. The predicted molar refractivity (Wildman–Crippen MR) is 85.3 cm³/mol. The highest BCUT2D eigenvalue weighted by atomic mass is 16.6. The van der Waals surface area contributed by atoms with Crippen molar-refractivity contribution in [3.05, 3.63) is 0 Å². The quantitative estimate of drug-likeness (QED) is 0.854. The minimum Gasteiger partial charge on any atom is -0.444 e. The fourth-order valence-corrected chi connectivity index (χ4v) is 2.73. The van der Waals surface area contributed by atoms with E-state index in [1.165, 1.54) is 0 Å². The van der Waals surface area contributed by atoms with Crippen LogP contribution in [-0.2, 0) is 4.74 Å². The van der Waals surface area contributed by atoms with Gasteiger partial charge in [0.05, 0.1) is 11.1 Å². The molecule has 124 valence electrons. The molecule has 1 fully saturated rings. The van der Waals surface area contributed by atoms with Gasteiger partial charge in [-0.15, -0.1) is 0 Å². The van der Waals surface area contributed by atoms with E-state index >= 15 is 0 Å². The molecule has 4 nitrogen and oxygen atoms in total. The summed E-state index contributed by atoms with van der Waals surface area (Å²) >= 11 is 0. The molecule has 0 bridgehead atoms. The van der Waals surface area contributed by atoms with Gasteiger partial charge in [0.25, 0.3) is 0 Å². The van der Waals surface area contributed by atoms with Crippen molar-refractivity contribution in [2.45, 2.75) is 91.4 Å². The van der Waals surface area contributed by atoms with Gasteiger partial charge in [0.2, 0.25) is 0 Å². The Labute approximate surface area is 129 Å². The van der Waals surface area contributed by atoms with Gasteiger partial charge in [0, 0.05) is 6.54 Å². The van der Waals surface area contributed by atoms with Crippen LogP contribution in [0.3, 0.4) is 0 Å². The maximum absolute atomic E-state index is 12.6. The smallest absolute Gasteiger partial charge is 0.410 e. The lowest BCUT2D eigenvalue weighted by Crippen LogP contribution is -2.52. The SMILES string of the molecule is CC(C)(O)CCN(C(=O)OC(C)(C)C)C1(C(C)(C)C)CC1. The van der Waals surface area contributed by atoms with Gasteiger partial charge in [-0.25, -0.2) is 4.79 Å². The minimum atomic E-state index is -0.784. The van der Waals surface area contributed by atoms with Crippen molar-refractivity contribution >= 4 is 6.09 Å². The van der Waals surface area contributed by atoms with E-state index in [1.54, 1.807) is 13.8 Å². The molecule has 21 heavy (non-hydrogen) atoms. The first-order valence-corrected chi connectivity index (χ1v) is 7.91. The van der Waals surface area contributed by atoms with Crippen molar-refractivity contribution in [1.82, 2.24) is 4.90 Å². The summed E-state index contributed by atoms with van der Waals surface area (Å²) in [5, 5.41) is 9.99. The van der Waals surface area contributed by atoms with Gasteiger partial charge in [-0.05, 0) is 59.3 Å². The molecular weight excluding hydrogens is 266 g/mol. The number of carbonyl (C=O) groups excluding carboxylic acids is 1. The zero-order valence-corrected chi connectivity index (χ0v) is 15.0. The van der Waals surface area contributed by atoms with E-state index in [9.17, 15) is 9.90 Å². The molecule has 1 N–H and O–H groups in total. The number of hydrogen-bond acceptors (Lipinski definition) is 3. The third-order valence-corrected chi connectivity index (χ3v) is 4.20. The Morgan fingerprint density at radius 2 is 1.57 bits per heavy atom. The average molecular weight is 299 g/mol. The molecule has 0 radical (unpaired) electrons. The van der Waals surface area contributed by atoms with Crippen LogP contribution < -0.4 is 0 Å². The van der Waals surface area contributed by atoms with Crippen molar-refractivity contribution in [3.63, 3.8) is 0 Å². The Balaban J connectivity index is 2.94. The maximum Gasteiger partial charge on any atom is 0.410 e. The van der Waals surface area contributed by atoms with Crippen LogP contribution in [0.5, 0.6) is 0 Å². The van der Waals surface area contributed by atoms with Crippen LogP contribution in [0.4, 0.5) is 4.79 Å². The Morgan fingerprint density at radius 3 is 1.86 bits per heavy atom. The first-order valence-electron chi connectivity index (χ1n) is 7.91. The third kappa shape index (κ3) is 4.87. The summed E-state index contributed by atoms with van der Waals surface area (Å²) in [5.41, 5.74) is -1.42. The molecule has 0 aromatic heterocycles. The van der Waals surface area contributed by atoms with E-state index in [-0.39, 0.29) is 17.0 Å². The highest BCUT2D eigenvalue weighted by Crippen LogP contribution is 2.54. The molecule has 1 aliphatic rings. The molecule has 0 spiro atoms. The van der Waals surface area contributed by atoms with Gasteiger partial charge in [-0.3, -0.25) is 0 Å². The Bertz CT molecular complexity index is 378. The average Bonchev–Trinajstić information content (AvgIpc) is 2.92. The summed E-state index contributed by atoms with van der Waals surface area (Å²) in [5.74, 6) is 0. The lowest BCUT2D eigenvalue weighted by Gasteiger charge is -2.42. The van der Waals surface area contributed by atoms with Crippen LogP contribution in [0.1, 0.15) is 74.7 Å². The normalized spacial score (nSPS) is 18.3. The molecule has 1 aliphatic carbocycles. The summed E-state index contributed by atoms with van der Waals surface area (Å²) in [6.45, 7) is 16.2. The number of carbonyl (C=O) groups is 1. The largest absolute Gasteiger partial charge is 0.444 e. The van der Waals surface area contributed by atoms with Gasteiger partial charge in [0.1, 0.15) is 5.60 Å². The Kier molecular flexibility index (Phi) is 4.75. The third-order valence-electron chi connectivity index (χ3n) is 4.20. The highest BCUT2D eigenvalue weighted by Gasteiger charge is 2.58. The first-order chi connectivity index (χ1) is 9.18. The summed E-state index contributed by atoms with van der Waals surface area (Å²) < 4.78 is 5.59. The fraction of sp³-hybridized carbons (Fsp3) is 0.941. The second-order valence-electron chi connectivity index (χ2n) is 8.98. The zero-order valence-electron chi connectivity index (χ0n) is 15.0. The van der Waals surface area contributed by atoms with Gasteiger partial charge < -0.3 is 14.7 Å². The molecule has 1 rings (SSSR count). The molecular formula is C17H33NO3. The van der Waals surface area contributed by atoms with E-state index in [0.717, 1.165) is 12.8 Å². The second-order valence-corrected chi connectivity index (χ2v) is 8.98. The highest BCUT2D eigenvalue weighted by molar-refractivity contribution is 5.70. The number of rotatable bonds is 4. The van der Waals surface area contributed by atoms with E-state index in [0.29, 0.717) is 13.0 Å². The predicted octanol–water partition coefficient (Wildman–Crippen LogP) is 3.96. The summed E-state index contributed by atoms with van der Waals surface area (Å²) in [7, 11) is 0. The maximum atomic E-state index is 12.6. The van der Waals surface area contributed by atoms with Gasteiger partial charge in [-0.1, -0.05) is 20.8 Å². The molecule has 0 aromatic carbocycles. The second kappa shape index (κ2) is 5.45. The van der Waals surface area contributed by atoms with E-state index in [2.05, 4.69) is 20.8 Å². The molecule has 4 heteroatoms. The molecule has 0 saturated heterocycles. The van der Waals surface area contributed by atoms with Crippen LogP contribution in [-0.4, -0.2) is 39.4 Å². The van der Waals surface area contributed by atoms with Crippen LogP contribution in [0.15, 0.2) is 0 Å². The van der Waals surface area contributed by atoms with E-state index in [4.69, 9.17) is 4.74 Å². The number of aliphatic hydroxyl groups is 1. The molecule has 0 aliphatic heterocycles. The molecule has 0 heterocycles. The van der Waals surface area contributed by atoms with Gasteiger partial charge in [-0.2, -0.15) is 0 Å². The van der Waals surface area contributed by atoms with Crippen LogP contribution in [0, 0.1) is 5.41 Å². The Morgan fingerprint density at radius 1 is 1.10 bits per heavy atom. The van der Waals surface area contributed by atoms with Crippen molar-refractivity contribution < 1.29 is 14.6 Å². The topological polar surface area (TPSA) is 49.8 Å². The Hall–Kier alpha value is -0.770. The standard InChI is InChI=1S/C17H33NO3/c1-14(2,3)17(9-10-17)18(12-11-16(7,8)20)13(19)21-15(4,5)6/h20H,9-12H2,1-8H3. The summed E-state index contributed by atoms with van der Waals surface area (Å²) in [4.78, 5) is 14.5. The lowest BCUT2D eigenvalue weighted by atomic mass is 9.82. The zero-order chi connectivity index (χ0) is 16.7.